The maximum atomic E-state index is 14.0. The van der Waals surface area contributed by atoms with Gasteiger partial charge in [0.2, 0.25) is 5.91 Å². The van der Waals surface area contributed by atoms with Crippen LogP contribution in [0.1, 0.15) is 54.2 Å². The molecule has 3 aromatic rings. The molecule has 0 spiro atoms. The van der Waals surface area contributed by atoms with E-state index in [1.807, 2.05) is 64.1 Å². The number of carbonyl (C=O) groups excluding carboxylic acids is 3. The van der Waals surface area contributed by atoms with Gasteiger partial charge in [0.05, 0.1) is 28.9 Å². The molecule has 0 bridgehead atoms. The largest absolute Gasteiger partial charge is 0.494 e. The highest BCUT2D eigenvalue weighted by Gasteiger charge is 2.49. The van der Waals surface area contributed by atoms with E-state index in [1.165, 1.54) is 11.0 Å². The van der Waals surface area contributed by atoms with Gasteiger partial charge in [0.25, 0.3) is 11.8 Å². The van der Waals surface area contributed by atoms with Gasteiger partial charge >= 0.3 is 0 Å². The predicted molar refractivity (Wildman–Crippen MR) is 171 cm³/mol. The maximum Gasteiger partial charge on any atom is 0.254 e. The number of aliphatic hydroxyl groups excluding tert-OH is 1. The summed E-state index contributed by atoms with van der Waals surface area (Å²) in [6, 6.07) is 17.8. The lowest BCUT2D eigenvalue weighted by Crippen LogP contribution is -2.57. The number of amides is 3. The number of likely N-dealkylation sites (tertiary alicyclic amines) is 1. The van der Waals surface area contributed by atoms with Gasteiger partial charge in [-0.3, -0.25) is 14.4 Å². The normalized spacial score (nSPS) is 17.0. The van der Waals surface area contributed by atoms with Gasteiger partial charge in [0.1, 0.15) is 11.8 Å². The molecule has 0 unspecified atom stereocenters. The van der Waals surface area contributed by atoms with E-state index in [4.69, 9.17) is 22.1 Å². The third-order valence-electron chi connectivity index (χ3n) is 8.21. The zero-order chi connectivity index (χ0) is 32.0. The summed E-state index contributed by atoms with van der Waals surface area (Å²) in [5.74, 6) is -0.838. The fourth-order valence-electron chi connectivity index (χ4n) is 5.61. The van der Waals surface area contributed by atoms with Crippen molar-refractivity contribution in [2.75, 3.05) is 18.9 Å². The highest BCUT2D eigenvalue weighted by atomic mass is 35.5. The maximum absolute atomic E-state index is 14.0. The van der Waals surface area contributed by atoms with Crippen LogP contribution in [0.25, 0.3) is 0 Å². The van der Waals surface area contributed by atoms with E-state index in [0.29, 0.717) is 25.3 Å². The Balaban J connectivity index is 1.57. The number of benzene rings is 3. The van der Waals surface area contributed by atoms with E-state index in [1.54, 1.807) is 24.3 Å². The lowest BCUT2D eigenvalue weighted by Gasteiger charge is -2.34. The number of nitrogens with two attached hydrogens (primary N) is 1. The molecule has 10 heteroatoms. The second-order valence-electron chi connectivity index (χ2n) is 11.8. The molecule has 1 heterocycles. The van der Waals surface area contributed by atoms with Crippen LogP contribution in [0.3, 0.4) is 0 Å². The van der Waals surface area contributed by atoms with Gasteiger partial charge in [-0.1, -0.05) is 67.9 Å². The third kappa shape index (κ3) is 7.52. The number of rotatable bonds is 11. The number of aliphatic hydroxyl groups is 1. The number of aryl methyl sites for hydroxylation is 1. The monoisotopic (exact) mass is 620 g/mol. The molecule has 1 saturated heterocycles. The Morgan fingerprint density at radius 3 is 2.48 bits per heavy atom. The Morgan fingerprint density at radius 2 is 1.80 bits per heavy atom. The van der Waals surface area contributed by atoms with Crippen LogP contribution in [0.15, 0.2) is 66.7 Å². The number of nitrogens with one attached hydrogen (secondary N) is 2. The van der Waals surface area contributed by atoms with Gasteiger partial charge in [-0.2, -0.15) is 0 Å². The summed E-state index contributed by atoms with van der Waals surface area (Å²) >= 11 is 6.31. The average Bonchev–Trinajstić information content (AvgIpc) is 3.32. The van der Waals surface area contributed by atoms with Gasteiger partial charge in [-0.25, -0.2) is 0 Å². The van der Waals surface area contributed by atoms with E-state index < -0.39 is 35.4 Å². The van der Waals surface area contributed by atoms with Crippen LogP contribution in [0, 0.1) is 12.3 Å². The highest BCUT2D eigenvalue weighted by molar-refractivity contribution is 6.36. The van der Waals surface area contributed by atoms with Crippen molar-refractivity contribution in [3.63, 3.8) is 0 Å². The van der Waals surface area contributed by atoms with E-state index in [2.05, 4.69) is 10.6 Å². The predicted octanol–water partition coefficient (Wildman–Crippen LogP) is 4.27. The van der Waals surface area contributed by atoms with Gasteiger partial charge < -0.3 is 31.1 Å². The van der Waals surface area contributed by atoms with Crippen LogP contribution < -0.4 is 21.1 Å². The first-order valence-electron chi connectivity index (χ1n) is 14.8. The SMILES string of the molecule is CCOc1ccc(C[C@H](NC(=O)c2cccc(N)c2Cl)[C@H](O)C(=O)N2CCC(C)(C)[C@H]2C(=O)NCc2ccccc2C)cc1. The van der Waals surface area contributed by atoms with Crippen LogP contribution in [-0.4, -0.2) is 59.1 Å². The first-order chi connectivity index (χ1) is 20.9. The number of nitrogens with zero attached hydrogens (tertiary/aromatic N) is 1. The summed E-state index contributed by atoms with van der Waals surface area (Å²) in [6.45, 7) is 8.85. The number of nitrogen functional groups attached to an aromatic ring is 1. The molecule has 1 aliphatic rings. The number of ether oxygens (including phenoxy) is 1. The van der Waals surface area contributed by atoms with Gasteiger partial charge in [-0.05, 0) is 73.1 Å². The Bertz CT molecular complexity index is 1490. The summed E-state index contributed by atoms with van der Waals surface area (Å²) in [5.41, 5.74) is 8.53. The van der Waals surface area contributed by atoms with Gasteiger partial charge in [0.15, 0.2) is 6.10 Å². The first kappa shape index (κ1) is 32.8. The van der Waals surface area contributed by atoms with E-state index in [9.17, 15) is 19.5 Å². The molecule has 0 aliphatic carbocycles. The molecule has 9 nitrogen and oxygen atoms in total. The van der Waals surface area contributed by atoms with Gasteiger partial charge in [0, 0.05) is 13.1 Å². The number of carbonyl (C=O) groups is 3. The highest BCUT2D eigenvalue weighted by Crippen LogP contribution is 2.37. The van der Waals surface area contributed by atoms with Crippen LogP contribution in [0.5, 0.6) is 5.75 Å². The van der Waals surface area contributed by atoms with E-state index in [-0.39, 0.29) is 35.1 Å². The Kier molecular flexibility index (Phi) is 10.5. The molecule has 1 fully saturated rings. The minimum absolute atomic E-state index is 0.0808. The molecule has 5 N–H and O–H groups in total. The number of hydrogen-bond acceptors (Lipinski definition) is 6. The molecular weight excluding hydrogens is 580 g/mol. The minimum atomic E-state index is -1.65. The van der Waals surface area contributed by atoms with Crippen molar-refractivity contribution in [3.8, 4) is 5.75 Å². The summed E-state index contributed by atoms with van der Waals surface area (Å²) in [7, 11) is 0. The lowest BCUT2D eigenvalue weighted by molar-refractivity contribution is -0.148. The zero-order valence-corrected chi connectivity index (χ0v) is 26.4. The quantitative estimate of drug-likeness (QED) is 0.237. The molecule has 3 amide bonds. The van der Waals surface area contributed by atoms with E-state index in [0.717, 1.165) is 16.7 Å². The topological polar surface area (TPSA) is 134 Å². The van der Waals surface area contributed by atoms with E-state index >= 15 is 0 Å². The molecule has 1 aliphatic heterocycles. The van der Waals surface area contributed by atoms with Crippen molar-refractivity contribution in [3.05, 3.63) is 94.0 Å². The first-order valence-corrected chi connectivity index (χ1v) is 15.2. The fourth-order valence-corrected chi connectivity index (χ4v) is 5.83. The summed E-state index contributed by atoms with van der Waals surface area (Å²) in [5, 5.41) is 17.4. The molecule has 0 saturated carbocycles. The molecular formula is C34H41ClN4O5. The van der Waals surface area contributed by atoms with Crippen molar-refractivity contribution in [1.29, 1.82) is 0 Å². The van der Waals surface area contributed by atoms with Crippen molar-refractivity contribution < 1.29 is 24.2 Å². The molecule has 234 valence electrons. The van der Waals surface area contributed by atoms with Crippen LogP contribution in [-0.2, 0) is 22.6 Å². The standard InChI is InChI=1S/C34H41ClN4O5/c1-5-44-24-15-13-22(14-16-24)19-27(38-31(41)25-11-8-12-26(36)28(25)35)29(40)33(43)39-18-17-34(3,4)30(39)32(42)37-20-23-10-7-6-9-21(23)2/h6-16,27,29-30,40H,5,17-20,36H2,1-4H3,(H,37,42)(H,38,41)/t27-,29-,30+/m0/s1. The van der Waals surface area contributed by atoms with Crippen molar-refractivity contribution in [2.45, 2.75) is 65.3 Å². The zero-order valence-electron chi connectivity index (χ0n) is 25.6. The lowest BCUT2D eigenvalue weighted by atomic mass is 9.84. The summed E-state index contributed by atoms with van der Waals surface area (Å²) in [6.07, 6.45) is -0.944. The molecule has 3 aromatic carbocycles. The molecule has 44 heavy (non-hydrogen) atoms. The van der Waals surface area contributed by atoms with Crippen LogP contribution >= 0.6 is 11.6 Å². The summed E-state index contributed by atoms with van der Waals surface area (Å²) < 4.78 is 5.53. The molecule has 0 radical (unpaired) electrons. The van der Waals surface area contributed by atoms with Crippen LogP contribution in [0.2, 0.25) is 5.02 Å². The third-order valence-corrected chi connectivity index (χ3v) is 8.63. The smallest absolute Gasteiger partial charge is 0.254 e. The van der Waals surface area contributed by atoms with Crippen molar-refractivity contribution in [1.82, 2.24) is 15.5 Å². The molecule has 4 rings (SSSR count). The average molecular weight is 621 g/mol. The second-order valence-corrected chi connectivity index (χ2v) is 12.2. The van der Waals surface area contributed by atoms with Crippen molar-refractivity contribution in [2.24, 2.45) is 5.41 Å². The van der Waals surface area contributed by atoms with Crippen LogP contribution in [0.4, 0.5) is 5.69 Å². The Morgan fingerprint density at radius 1 is 1.09 bits per heavy atom. The molecule has 3 atom stereocenters. The van der Waals surface area contributed by atoms with Gasteiger partial charge in [-0.15, -0.1) is 0 Å². The number of hydrogen-bond donors (Lipinski definition) is 4. The fraction of sp³-hybridized carbons (Fsp3) is 0.382. The Labute approximate surface area is 263 Å². The minimum Gasteiger partial charge on any atom is -0.494 e. The number of halogens is 1. The summed E-state index contributed by atoms with van der Waals surface area (Å²) in [4.78, 5) is 42.3. The molecule has 0 aromatic heterocycles. The van der Waals surface area contributed by atoms with Crippen molar-refractivity contribution >= 4 is 35.0 Å². The Hall–Kier alpha value is -4.08. The number of anilines is 1. The second kappa shape index (κ2) is 14.1.